The maximum Gasteiger partial charge on any atom is 0.255 e. The van der Waals surface area contributed by atoms with E-state index >= 15 is 0 Å². The van der Waals surface area contributed by atoms with Crippen molar-refractivity contribution in [2.45, 2.75) is 83.0 Å². The van der Waals surface area contributed by atoms with E-state index in [4.69, 9.17) is 10.00 Å². The average Bonchev–Trinajstić information content (AvgIpc) is 2.92. The van der Waals surface area contributed by atoms with E-state index in [1.165, 1.54) is 11.1 Å². The van der Waals surface area contributed by atoms with Crippen LogP contribution in [0.5, 0.6) is 11.5 Å². The summed E-state index contributed by atoms with van der Waals surface area (Å²) in [6, 6.07) is 15.4. The van der Waals surface area contributed by atoms with Gasteiger partial charge in [-0.05, 0) is 66.0 Å². The summed E-state index contributed by atoms with van der Waals surface area (Å²) in [5.41, 5.74) is 2.88. The third kappa shape index (κ3) is 6.63. The summed E-state index contributed by atoms with van der Waals surface area (Å²) >= 11 is 0.983. The Balaban J connectivity index is 1.61. The Labute approximate surface area is 231 Å². The zero-order valence-electron chi connectivity index (χ0n) is 23.5. The fourth-order valence-electron chi connectivity index (χ4n) is 4.34. The van der Waals surface area contributed by atoms with Crippen molar-refractivity contribution in [1.82, 2.24) is 5.32 Å². The van der Waals surface area contributed by atoms with E-state index < -0.39 is 0 Å². The first kappa shape index (κ1) is 29.4. The molecule has 0 unspecified atom stereocenters. The number of nitrogens with zero attached hydrogens (tertiary/aromatic N) is 1. The summed E-state index contributed by atoms with van der Waals surface area (Å²) in [6.45, 7) is 14.5. The number of ether oxygens (including phenoxy) is 1. The van der Waals surface area contributed by atoms with Gasteiger partial charge in [0.2, 0.25) is 0 Å². The highest BCUT2D eigenvalue weighted by molar-refractivity contribution is 8.04. The molecule has 0 radical (unpaired) electrons. The van der Waals surface area contributed by atoms with Crippen molar-refractivity contribution < 1.29 is 14.6 Å². The molecular formula is C32H40N2O3S. The summed E-state index contributed by atoms with van der Waals surface area (Å²) in [5, 5.41) is 26.1. The molecule has 2 N–H and O–H groups in total. The molecule has 0 saturated heterocycles. The lowest BCUT2D eigenvalue weighted by molar-refractivity contribution is 0.0949. The highest BCUT2D eigenvalue weighted by Crippen LogP contribution is 2.39. The molecule has 5 nitrogen and oxygen atoms in total. The molecule has 202 valence electrons. The summed E-state index contributed by atoms with van der Waals surface area (Å²) in [5.74, 6) is 0.514. The SMILES string of the molecule is CCC(C)(C)c1ccc(OCCCCNC(=O)c2cc(SC#N)c3ccccc3c2O)c(C(C)(C)CC)c1. The Kier molecular flexibility index (Phi) is 9.73. The second-order valence-corrected chi connectivity index (χ2v) is 11.8. The normalized spacial score (nSPS) is 11.8. The zero-order chi connectivity index (χ0) is 27.9. The maximum absolute atomic E-state index is 12.9. The van der Waals surface area contributed by atoms with Crippen molar-refractivity contribution in [3.63, 3.8) is 0 Å². The van der Waals surface area contributed by atoms with E-state index in [-0.39, 0.29) is 28.1 Å². The number of phenolic OH excluding ortho intramolecular Hbond substituents is 1. The van der Waals surface area contributed by atoms with Gasteiger partial charge in [-0.1, -0.05) is 77.9 Å². The van der Waals surface area contributed by atoms with Crippen LogP contribution in [0.3, 0.4) is 0 Å². The van der Waals surface area contributed by atoms with Gasteiger partial charge in [0.05, 0.1) is 12.2 Å². The lowest BCUT2D eigenvalue weighted by atomic mass is 9.76. The minimum absolute atomic E-state index is 0.00762. The third-order valence-corrected chi connectivity index (χ3v) is 8.40. The number of hydrogen-bond donors (Lipinski definition) is 2. The van der Waals surface area contributed by atoms with E-state index in [2.05, 4.69) is 70.5 Å². The van der Waals surface area contributed by atoms with Crippen LogP contribution in [0.2, 0.25) is 0 Å². The summed E-state index contributed by atoms with van der Waals surface area (Å²) < 4.78 is 6.24. The number of aromatic hydroxyl groups is 1. The largest absolute Gasteiger partial charge is 0.506 e. The van der Waals surface area contributed by atoms with Gasteiger partial charge in [-0.2, -0.15) is 5.26 Å². The second-order valence-electron chi connectivity index (χ2n) is 11.0. The number of fused-ring (bicyclic) bond motifs is 1. The molecule has 0 aliphatic rings. The number of unbranched alkanes of at least 4 members (excludes halogenated alkanes) is 1. The molecule has 0 bridgehead atoms. The Bertz CT molecular complexity index is 1320. The van der Waals surface area contributed by atoms with Crippen LogP contribution in [0.15, 0.2) is 53.4 Å². The van der Waals surface area contributed by atoms with Crippen LogP contribution in [-0.2, 0) is 10.8 Å². The third-order valence-electron chi connectivity index (χ3n) is 7.75. The van der Waals surface area contributed by atoms with Gasteiger partial charge in [0.1, 0.15) is 16.9 Å². The zero-order valence-corrected chi connectivity index (χ0v) is 24.3. The lowest BCUT2D eigenvalue weighted by Gasteiger charge is -2.30. The Morgan fingerprint density at radius 3 is 2.34 bits per heavy atom. The smallest absolute Gasteiger partial charge is 0.255 e. The highest BCUT2D eigenvalue weighted by Gasteiger charge is 2.26. The number of carbonyl (C=O) groups is 1. The van der Waals surface area contributed by atoms with Crippen LogP contribution >= 0.6 is 11.8 Å². The fraction of sp³-hybridized carbons (Fsp3) is 0.438. The molecule has 0 aromatic heterocycles. The van der Waals surface area contributed by atoms with Crippen molar-refractivity contribution in [3.05, 3.63) is 65.2 Å². The molecule has 3 aromatic carbocycles. The molecule has 3 aromatic rings. The van der Waals surface area contributed by atoms with Crippen molar-refractivity contribution in [2.75, 3.05) is 13.2 Å². The number of rotatable bonds is 12. The van der Waals surface area contributed by atoms with Gasteiger partial charge in [0.25, 0.3) is 5.91 Å². The summed E-state index contributed by atoms with van der Waals surface area (Å²) in [7, 11) is 0. The van der Waals surface area contributed by atoms with Crippen LogP contribution in [0.4, 0.5) is 0 Å². The molecule has 0 aliphatic carbocycles. The lowest BCUT2D eigenvalue weighted by Crippen LogP contribution is -2.25. The predicted molar refractivity (Wildman–Crippen MR) is 157 cm³/mol. The van der Waals surface area contributed by atoms with Gasteiger partial charge in [-0.15, -0.1) is 0 Å². The molecule has 0 aliphatic heterocycles. The van der Waals surface area contributed by atoms with Gasteiger partial charge < -0.3 is 15.2 Å². The van der Waals surface area contributed by atoms with Crippen LogP contribution in [0, 0.1) is 10.7 Å². The van der Waals surface area contributed by atoms with Gasteiger partial charge in [0, 0.05) is 27.8 Å². The number of benzene rings is 3. The van der Waals surface area contributed by atoms with Crippen molar-refractivity contribution in [1.29, 1.82) is 5.26 Å². The summed E-state index contributed by atoms with van der Waals surface area (Å²) in [4.78, 5) is 13.5. The number of carbonyl (C=O) groups excluding carboxylic acids is 1. The molecule has 3 rings (SSSR count). The van der Waals surface area contributed by atoms with Crippen LogP contribution in [-0.4, -0.2) is 24.2 Å². The quantitative estimate of drug-likeness (QED) is 0.140. The number of phenols is 1. The maximum atomic E-state index is 12.9. The predicted octanol–water partition coefficient (Wildman–Crippen LogP) is 8.08. The standard InChI is InChI=1S/C32H40N2O3S/c1-7-31(3,4)22-15-16-27(26(19-22)32(5,6)8-2)37-18-12-11-17-34-30(36)25-20-28(38-21-33)23-13-9-10-14-24(23)29(25)35/h9-10,13-16,19-20,35H,7-8,11-12,17-18H2,1-6H3,(H,34,36). The number of nitrogens with one attached hydrogen (secondary N) is 1. The minimum atomic E-state index is -0.352. The monoisotopic (exact) mass is 532 g/mol. The minimum Gasteiger partial charge on any atom is -0.506 e. The number of amides is 1. The molecule has 0 heterocycles. The Morgan fingerprint density at radius 2 is 1.68 bits per heavy atom. The van der Waals surface area contributed by atoms with Gasteiger partial charge in [-0.3, -0.25) is 4.79 Å². The molecule has 0 saturated carbocycles. The molecule has 38 heavy (non-hydrogen) atoms. The van der Waals surface area contributed by atoms with Crippen molar-refractivity contribution >= 4 is 28.4 Å². The van der Waals surface area contributed by atoms with Gasteiger partial charge in [0.15, 0.2) is 0 Å². The number of nitriles is 1. The molecular weight excluding hydrogens is 492 g/mol. The van der Waals surface area contributed by atoms with Crippen LogP contribution in [0.1, 0.15) is 88.7 Å². The molecule has 0 fully saturated rings. The van der Waals surface area contributed by atoms with Gasteiger partial charge >= 0.3 is 0 Å². The van der Waals surface area contributed by atoms with Crippen molar-refractivity contribution in [2.24, 2.45) is 0 Å². The van der Waals surface area contributed by atoms with E-state index in [0.717, 1.165) is 48.6 Å². The van der Waals surface area contributed by atoms with Crippen molar-refractivity contribution in [3.8, 4) is 16.9 Å². The second kappa shape index (κ2) is 12.6. The average molecular weight is 533 g/mol. The Morgan fingerprint density at radius 1 is 1.00 bits per heavy atom. The van der Waals surface area contributed by atoms with E-state index in [1.807, 2.05) is 12.1 Å². The molecule has 0 spiro atoms. The fourth-order valence-corrected chi connectivity index (χ4v) is 4.90. The topological polar surface area (TPSA) is 82.3 Å². The first-order chi connectivity index (χ1) is 18.1. The van der Waals surface area contributed by atoms with Crippen LogP contribution < -0.4 is 10.1 Å². The first-order valence-electron chi connectivity index (χ1n) is 13.4. The number of thiocyanates is 1. The molecule has 1 amide bonds. The van der Waals surface area contributed by atoms with E-state index in [9.17, 15) is 9.90 Å². The summed E-state index contributed by atoms with van der Waals surface area (Å²) in [6.07, 6.45) is 3.61. The van der Waals surface area contributed by atoms with Crippen LogP contribution in [0.25, 0.3) is 10.8 Å². The number of hydrogen-bond acceptors (Lipinski definition) is 5. The molecule has 0 atom stereocenters. The highest BCUT2D eigenvalue weighted by atomic mass is 32.2. The van der Waals surface area contributed by atoms with Gasteiger partial charge in [-0.25, -0.2) is 0 Å². The Hall–Kier alpha value is -3.17. The first-order valence-corrected chi connectivity index (χ1v) is 14.2. The van der Waals surface area contributed by atoms with E-state index in [1.54, 1.807) is 18.2 Å². The number of thioether (sulfide) groups is 1. The van der Waals surface area contributed by atoms with E-state index in [0.29, 0.717) is 23.4 Å². The molecule has 6 heteroatoms.